The quantitative estimate of drug-likeness (QED) is 0.187. The molecular weight excluding hydrogens is 624 g/mol. The molecule has 0 fully saturated rings. The number of benzene rings is 2. The molecule has 2 N–H and O–H groups in total. The number of H-pyrrole nitrogens is 2. The van der Waals surface area contributed by atoms with Crippen molar-refractivity contribution in [2.45, 2.75) is 52.7 Å². The van der Waals surface area contributed by atoms with Crippen LogP contribution < -0.4 is 9.47 Å². The van der Waals surface area contributed by atoms with E-state index in [4.69, 9.17) is 19.4 Å². The van der Waals surface area contributed by atoms with E-state index in [-0.39, 0.29) is 12.2 Å². The fourth-order valence-electron chi connectivity index (χ4n) is 5.94. The van der Waals surface area contributed by atoms with Crippen LogP contribution in [0.15, 0.2) is 83.3 Å². The standard InChI is InChI=1S/C38H35BrN4O2/c1-22(2)44-28-11-5-24(6-12-28)36-30-15-9-26(40-30)21-27-10-16-31(41-27)37(25-7-13-29(14-8-25)45-23(3)4)33-18-20-35(43-33)38(39)34-19-17-32(36)42-34/h5-17,19,21-23,40-41H,18,20H2,1-4H3. The molecule has 8 bridgehead atoms. The lowest BCUT2D eigenvalue weighted by atomic mass is 10.0. The summed E-state index contributed by atoms with van der Waals surface area (Å²) in [5, 5.41) is 0. The van der Waals surface area contributed by atoms with Crippen LogP contribution in [0.2, 0.25) is 0 Å². The molecule has 0 radical (unpaired) electrons. The Labute approximate surface area is 271 Å². The number of aryl methyl sites for hydroxylation is 2. The number of hydrogen-bond donors (Lipinski definition) is 2. The lowest BCUT2D eigenvalue weighted by Gasteiger charge is -2.11. The van der Waals surface area contributed by atoms with E-state index in [2.05, 4.69) is 92.6 Å². The van der Waals surface area contributed by atoms with E-state index < -0.39 is 0 Å². The van der Waals surface area contributed by atoms with Gasteiger partial charge in [-0.2, -0.15) is 0 Å². The van der Waals surface area contributed by atoms with Crippen LogP contribution in [-0.2, 0) is 12.8 Å². The van der Waals surface area contributed by atoms with Crippen molar-refractivity contribution < 1.29 is 9.47 Å². The molecule has 0 unspecified atom stereocenters. The fraction of sp³-hybridized carbons (Fsp3) is 0.211. The van der Waals surface area contributed by atoms with Gasteiger partial charge in [0.05, 0.1) is 39.5 Å². The SMILES string of the molecule is CC(C)Oc1ccc(-c2c3nc(c(Br)c4nc(c(-c5ccc(OC(C)C)cc5)c5ccc(cc6ccc2[nH]6)[nH]5)CC4)C=C3)cc1. The van der Waals surface area contributed by atoms with E-state index >= 15 is 0 Å². The second kappa shape index (κ2) is 12.1. The molecule has 7 heteroatoms. The highest BCUT2D eigenvalue weighted by atomic mass is 79.9. The molecule has 0 saturated carbocycles. The average Bonchev–Trinajstić information content (AvgIpc) is 3.83. The maximum absolute atomic E-state index is 5.92. The van der Waals surface area contributed by atoms with Crippen LogP contribution in [0.5, 0.6) is 11.5 Å². The number of nitrogens with zero attached hydrogens (tertiary/aromatic N) is 2. The third-order valence-corrected chi connectivity index (χ3v) is 8.69. The Morgan fingerprint density at radius 3 is 1.69 bits per heavy atom. The van der Waals surface area contributed by atoms with Gasteiger partial charge in [0.15, 0.2) is 0 Å². The van der Waals surface area contributed by atoms with E-state index in [1.807, 2.05) is 52.0 Å². The second-order valence-corrected chi connectivity index (χ2v) is 12.8. The molecular formula is C38H35BrN4O2. The van der Waals surface area contributed by atoms with E-state index in [1.165, 1.54) is 0 Å². The monoisotopic (exact) mass is 658 g/mol. The zero-order valence-corrected chi connectivity index (χ0v) is 27.4. The topological polar surface area (TPSA) is 75.8 Å². The van der Waals surface area contributed by atoms with Gasteiger partial charge in [-0.25, -0.2) is 4.98 Å². The van der Waals surface area contributed by atoms with E-state index in [9.17, 15) is 0 Å². The summed E-state index contributed by atoms with van der Waals surface area (Å²) in [6, 6.07) is 27.2. The maximum atomic E-state index is 5.92. The van der Waals surface area contributed by atoms with Crippen molar-refractivity contribution in [3.8, 4) is 33.8 Å². The van der Waals surface area contributed by atoms with Crippen molar-refractivity contribution in [2.75, 3.05) is 0 Å². The summed E-state index contributed by atoms with van der Waals surface area (Å²) < 4.78 is 12.7. The number of hydrogen-bond acceptors (Lipinski definition) is 4. The van der Waals surface area contributed by atoms with E-state index in [0.717, 1.165) is 95.9 Å². The van der Waals surface area contributed by atoms with Crippen molar-refractivity contribution in [1.82, 2.24) is 19.9 Å². The normalized spacial score (nSPS) is 12.7. The first-order valence-corrected chi connectivity index (χ1v) is 16.2. The second-order valence-electron chi connectivity index (χ2n) is 12.0. The number of halogens is 1. The van der Waals surface area contributed by atoms with Crippen molar-refractivity contribution in [1.29, 1.82) is 0 Å². The minimum absolute atomic E-state index is 0.114. The Bertz CT molecular complexity index is 2070. The summed E-state index contributed by atoms with van der Waals surface area (Å²) in [5.41, 5.74) is 12.1. The summed E-state index contributed by atoms with van der Waals surface area (Å²) in [5.74, 6) is 1.71. The van der Waals surface area contributed by atoms with Gasteiger partial charge in [0.1, 0.15) is 11.5 Å². The van der Waals surface area contributed by atoms with Crippen LogP contribution in [0, 0.1) is 0 Å². The Morgan fingerprint density at radius 2 is 1.11 bits per heavy atom. The highest BCUT2D eigenvalue weighted by Crippen LogP contribution is 2.35. The van der Waals surface area contributed by atoms with Gasteiger partial charge < -0.3 is 19.4 Å². The van der Waals surface area contributed by atoms with Crippen LogP contribution in [-0.4, -0.2) is 32.1 Å². The average molecular weight is 660 g/mol. The van der Waals surface area contributed by atoms with Crippen LogP contribution in [0.3, 0.4) is 0 Å². The van der Waals surface area contributed by atoms with Gasteiger partial charge in [0.2, 0.25) is 0 Å². The van der Waals surface area contributed by atoms with Gasteiger partial charge in [0.25, 0.3) is 0 Å². The molecule has 45 heavy (non-hydrogen) atoms. The number of nitrogens with one attached hydrogen (secondary N) is 2. The van der Waals surface area contributed by atoms with Gasteiger partial charge >= 0.3 is 0 Å². The molecule has 2 aliphatic rings. The van der Waals surface area contributed by atoms with Crippen molar-refractivity contribution in [3.63, 3.8) is 0 Å². The Morgan fingerprint density at radius 1 is 0.600 bits per heavy atom. The Kier molecular flexibility index (Phi) is 7.80. The molecule has 7 rings (SSSR count). The van der Waals surface area contributed by atoms with Crippen molar-refractivity contribution >= 4 is 50.1 Å². The van der Waals surface area contributed by atoms with Crippen molar-refractivity contribution in [2.24, 2.45) is 0 Å². The zero-order valence-electron chi connectivity index (χ0n) is 25.8. The van der Waals surface area contributed by atoms with E-state index in [1.54, 1.807) is 0 Å². The minimum Gasteiger partial charge on any atom is -0.491 e. The summed E-state index contributed by atoms with van der Waals surface area (Å²) in [6.07, 6.45) is 6.04. The first kappa shape index (κ1) is 29.1. The molecule has 3 aromatic heterocycles. The molecule has 5 heterocycles. The molecule has 0 atom stereocenters. The summed E-state index contributed by atoms with van der Waals surface area (Å²) in [6.45, 7) is 8.15. The smallest absolute Gasteiger partial charge is 0.119 e. The van der Waals surface area contributed by atoms with Crippen molar-refractivity contribution in [3.05, 3.63) is 106 Å². The lowest BCUT2D eigenvalue weighted by Crippen LogP contribution is -2.05. The Hall–Kier alpha value is -4.62. The first-order chi connectivity index (χ1) is 21.8. The molecule has 2 aromatic carbocycles. The largest absolute Gasteiger partial charge is 0.491 e. The third kappa shape index (κ3) is 6.05. The maximum Gasteiger partial charge on any atom is 0.119 e. The van der Waals surface area contributed by atoms with Gasteiger partial charge in [-0.15, -0.1) is 0 Å². The molecule has 226 valence electrons. The number of fused-ring (bicyclic) bond motifs is 8. The van der Waals surface area contributed by atoms with Crippen LogP contribution in [0.25, 0.3) is 56.5 Å². The zero-order chi connectivity index (χ0) is 31.1. The van der Waals surface area contributed by atoms with Gasteiger partial charge in [-0.1, -0.05) is 24.3 Å². The van der Waals surface area contributed by atoms with Crippen LogP contribution >= 0.6 is 15.9 Å². The third-order valence-electron chi connectivity index (χ3n) is 7.83. The lowest BCUT2D eigenvalue weighted by molar-refractivity contribution is 0.242. The predicted molar refractivity (Wildman–Crippen MR) is 187 cm³/mol. The number of aromatic amines is 2. The van der Waals surface area contributed by atoms with Gasteiger partial charge in [-0.3, -0.25) is 4.98 Å². The van der Waals surface area contributed by atoms with Gasteiger partial charge in [-0.05, 0) is 134 Å². The first-order valence-electron chi connectivity index (χ1n) is 15.4. The summed E-state index contributed by atoms with van der Waals surface area (Å²) >= 11 is 3.89. The highest BCUT2D eigenvalue weighted by molar-refractivity contribution is 9.10. The molecule has 0 aliphatic carbocycles. The molecule has 5 aromatic rings. The summed E-state index contributed by atoms with van der Waals surface area (Å²) in [7, 11) is 0. The molecule has 6 nitrogen and oxygen atoms in total. The van der Waals surface area contributed by atoms with Crippen LogP contribution in [0.1, 0.15) is 50.5 Å². The number of ether oxygens (including phenoxy) is 2. The molecule has 2 aliphatic heterocycles. The fourth-order valence-corrected chi connectivity index (χ4v) is 6.45. The van der Waals surface area contributed by atoms with Crippen LogP contribution in [0.4, 0.5) is 0 Å². The minimum atomic E-state index is 0.114. The number of aromatic nitrogens is 4. The molecule has 0 spiro atoms. The summed E-state index contributed by atoms with van der Waals surface area (Å²) in [4.78, 5) is 17.6. The van der Waals surface area contributed by atoms with Gasteiger partial charge in [0, 0.05) is 33.2 Å². The van der Waals surface area contributed by atoms with E-state index in [0.29, 0.717) is 0 Å². The molecule has 0 amide bonds. The predicted octanol–water partition coefficient (Wildman–Crippen LogP) is 9.94. The highest BCUT2D eigenvalue weighted by Gasteiger charge is 2.19. The molecule has 0 saturated heterocycles. The Balaban J connectivity index is 1.46. The number of rotatable bonds is 6.